The second-order valence-corrected chi connectivity index (χ2v) is 7.69. The van der Waals surface area contributed by atoms with E-state index in [0.29, 0.717) is 0 Å². The highest BCUT2D eigenvalue weighted by atomic mass is 15.3. The van der Waals surface area contributed by atoms with Gasteiger partial charge in [-0.25, -0.2) is 0 Å². The van der Waals surface area contributed by atoms with Crippen LogP contribution in [0.5, 0.6) is 0 Å². The molecule has 0 aliphatic rings. The third kappa shape index (κ3) is 10.9. The lowest BCUT2D eigenvalue weighted by Gasteiger charge is -2.30. The fourth-order valence-corrected chi connectivity index (χ4v) is 3.07. The van der Waals surface area contributed by atoms with Crippen molar-refractivity contribution in [3.05, 3.63) is 78.4 Å². The Balaban J connectivity index is 0.000000350. The number of quaternary nitrogens is 1. The molecule has 0 aromatic heterocycles. The molecular weight excluding hydrogens is 314 g/mol. The van der Waals surface area contributed by atoms with Crippen molar-refractivity contribution in [1.29, 1.82) is 0 Å². The van der Waals surface area contributed by atoms with Crippen molar-refractivity contribution < 1.29 is 4.48 Å². The van der Waals surface area contributed by atoms with Gasteiger partial charge in [0.05, 0.1) is 20.6 Å². The van der Waals surface area contributed by atoms with E-state index in [1.54, 1.807) is 0 Å². The van der Waals surface area contributed by atoms with E-state index in [2.05, 4.69) is 57.9 Å². The summed E-state index contributed by atoms with van der Waals surface area (Å²) in [4.78, 5) is 0. The highest BCUT2D eigenvalue weighted by Crippen LogP contribution is 2.12. The number of rotatable bonds is 10. The molecule has 0 aliphatic heterocycles. The third-order valence-electron chi connectivity index (χ3n) is 4.61. The average Bonchev–Trinajstić information content (AvgIpc) is 2.66. The van der Waals surface area contributed by atoms with Gasteiger partial charge in [0.1, 0.15) is 6.54 Å². The van der Waals surface area contributed by atoms with E-state index in [1.807, 2.05) is 36.4 Å². The zero-order valence-electron chi connectivity index (χ0n) is 17.2. The Labute approximate surface area is 162 Å². The molecule has 1 heteroatoms. The van der Waals surface area contributed by atoms with Crippen LogP contribution in [0.4, 0.5) is 0 Å². The standard InChI is InChI=1S/C17H30N.C8H8/c1-4-5-6-7-8-12-15-18(2,3)16-17-13-10-9-11-14-17;1-2-8-6-4-3-5-7-8/h9-11,13-14H,4-8,12,15-16H2,1-3H3;2-7H,1H2/q+1;. The Hall–Kier alpha value is -1.86. The topological polar surface area (TPSA) is 0 Å². The second kappa shape index (κ2) is 13.4. The molecule has 0 amide bonds. The van der Waals surface area contributed by atoms with E-state index in [0.717, 1.165) is 11.0 Å². The molecule has 0 heterocycles. The number of unbranched alkanes of at least 4 members (excludes halogenated alkanes) is 5. The molecular formula is C25H38N+. The van der Waals surface area contributed by atoms with Crippen molar-refractivity contribution in [2.24, 2.45) is 0 Å². The van der Waals surface area contributed by atoms with Crippen LogP contribution in [0.1, 0.15) is 56.6 Å². The molecule has 0 saturated heterocycles. The lowest BCUT2D eigenvalue weighted by molar-refractivity contribution is -0.903. The fraction of sp³-hybridized carbons (Fsp3) is 0.440. The molecule has 0 N–H and O–H groups in total. The van der Waals surface area contributed by atoms with Gasteiger partial charge in [-0.2, -0.15) is 0 Å². The van der Waals surface area contributed by atoms with Crippen LogP contribution in [0.25, 0.3) is 6.08 Å². The number of hydrogen-bond acceptors (Lipinski definition) is 0. The van der Waals surface area contributed by atoms with E-state index >= 15 is 0 Å². The predicted molar refractivity (Wildman–Crippen MR) is 117 cm³/mol. The first-order valence-electron chi connectivity index (χ1n) is 10.1. The summed E-state index contributed by atoms with van der Waals surface area (Å²) in [5, 5.41) is 0. The van der Waals surface area contributed by atoms with Crippen LogP contribution in [0.15, 0.2) is 67.2 Å². The summed E-state index contributed by atoms with van der Waals surface area (Å²) in [6, 6.07) is 20.9. The van der Waals surface area contributed by atoms with Gasteiger partial charge < -0.3 is 4.48 Å². The van der Waals surface area contributed by atoms with Crippen molar-refractivity contribution >= 4 is 6.08 Å². The molecule has 0 aliphatic carbocycles. The van der Waals surface area contributed by atoms with Crippen LogP contribution in [0, 0.1) is 0 Å². The van der Waals surface area contributed by atoms with E-state index in [-0.39, 0.29) is 0 Å². The first-order valence-corrected chi connectivity index (χ1v) is 10.1. The van der Waals surface area contributed by atoms with E-state index < -0.39 is 0 Å². The molecule has 0 spiro atoms. The average molecular weight is 353 g/mol. The first kappa shape index (κ1) is 22.2. The summed E-state index contributed by atoms with van der Waals surface area (Å²) in [6.45, 7) is 8.35. The summed E-state index contributed by atoms with van der Waals surface area (Å²) in [5.74, 6) is 0. The van der Waals surface area contributed by atoms with Gasteiger partial charge in [-0.05, 0) is 18.4 Å². The molecule has 0 atom stereocenters. The van der Waals surface area contributed by atoms with Crippen molar-refractivity contribution in [2.45, 2.75) is 52.0 Å². The lowest BCUT2D eigenvalue weighted by Crippen LogP contribution is -2.39. The summed E-state index contributed by atoms with van der Waals surface area (Å²) < 4.78 is 1.11. The van der Waals surface area contributed by atoms with E-state index in [9.17, 15) is 0 Å². The normalized spacial score (nSPS) is 10.7. The van der Waals surface area contributed by atoms with Crippen molar-refractivity contribution in [3.8, 4) is 0 Å². The predicted octanol–water partition coefficient (Wildman–Crippen LogP) is 6.95. The molecule has 0 unspecified atom stereocenters. The molecule has 0 radical (unpaired) electrons. The molecule has 2 rings (SSSR count). The van der Waals surface area contributed by atoms with Crippen LogP contribution < -0.4 is 0 Å². The van der Waals surface area contributed by atoms with Crippen LogP contribution in [0.2, 0.25) is 0 Å². The summed E-state index contributed by atoms with van der Waals surface area (Å²) in [5.41, 5.74) is 2.63. The minimum atomic E-state index is 1.11. The minimum absolute atomic E-state index is 1.11. The van der Waals surface area contributed by atoms with Gasteiger partial charge in [-0.1, -0.05) is 106 Å². The van der Waals surface area contributed by atoms with Gasteiger partial charge >= 0.3 is 0 Å². The Morgan fingerprint density at radius 2 is 1.31 bits per heavy atom. The summed E-state index contributed by atoms with van der Waals surface area (Å²) in [6.07, 6.45) is 10.2. The maximum Gasteiger partial charge on any atom is 0.104 e. The Morgan fingerprint density at radius 1 is 0.769 bits per heavy atom. The largest absolute Gasteiger partial charge is 0.325 e. The Kier molecular flexibility index (Phi) is 11.4. The van der Waals surface area contributed by atoms with Crippen molar-refractivity contribution in [3.63, 3.8) is 0 Å². The van der Waals surface area contributed by atoms with Gasteiger partial charge in [-0.3, -0.25) is 0 Å². The van der Waals surface area contributed by atoms with Crippen LogP contribution in [0.3, 0.4) is 0 Å². The highest BCUT2D eigenvalue weighted by Gasteiger charge is 2.14. The van der Waals surface area contributed by atoms with Gasteiger partial charge in [0.25, 0.3) is 0 Å². The molecule has 0 saturated carbocycles. The van der Waals surface area contributed by atoms with Gasteiger partial charge in [-0.15, -0.1) is 0 Å². The monoisotopic (exact) mass is 352 g/mol. The number of benzene rings is 2. The van der Waals surface area contributed by atoms with E-state index in [4.69, 9.17) is 0 Å². The maximum atomic E-state index is 3.63. The summed E-state index contributed by atoms with van der Waals surface area (Å²) in [7, 11) is 4.69. The smallest absolute Gasteiger partial charge is 0.104 e. The van der Waals surface area contributed by atoms with Crippen LogP contribution in [-0.2, 0) is 6.54 Å². The third-order valence-corrected chi connectivity index (χ3v) is 4.61. The number of nitrogens with zero attached hydrogens (tertiary/aromatic N) is 1. The van der Waals surface area contributed by atoms with Gasteiger partial charge in [0.2, 0.25) is 0 Å². The van der Waals surface area contributed by atoms with Gasteiger partial charge in [0.15, 0.2) is 0 Å². The molecule has 0 fully saturated rings. The van der Waals surface area contributed by atoms with Gasteiger partial charge in [0, 0.05) is 5.56 Å². The van der Waals surface area contributed by atoms with Crippen molar-refractivity contribution in [2.75, 3.05) is 20.6 Å². The molecule has 2 aromatic carbocycles. The van der Waals surface area contributed by atoms with Crippen LogP contribution >= 0.6 is 0 Å². The molecule has 142 valence electrons. The second-order valence-electron chi connectivity index (χ2n) is 7.69. The zero-order chi connectivity index (χ0) is 19.1. The van der Waals surface area contributed by atoms with Crippen molar-refractivity contribution in [1.82, 2.24) is 0 Å². The maximum absolute atomic E-state index is 3.63. The SMILES string of the molecule is C=Cc1ccccc1.CCCCCCCC[N+](C)(C)Cc1ccccc1. The fourth-order valence-electron chi connectivity index (χ4n) is 3.07. The Bertz CT molecular complexity index is 572. The van der Waals surface area contributed by atoms with E-state index in [1.165, 1.54) is 56.2 Å². The summed E-state index contributed by atoms with van der Waals surface area (Å²) >= 11 is 0. The highest BCUT2D eigenvalue weighted by molar-refractivity contribution is 5.45. The quantitative estimate of drug-likeness (QED) is 0.320. The minimum Gasteiger partial charge on any atom is -0.325 e. The Morgan fingerprint density at radius 3 is 1.85 bits per heavy atom. The number of hydrogen-bond donors (Lipinski definition) is 0. The molecule has 0 bridgehead atoms. The molecule has 1 nitrogen and oxygen atoms in total. The van der Waals surface area contributed by atoms with Crippen LogP contribution in [-0.4, -0.2) is 25.1 Å². The molecule has 26 heavy (non-hydrogen) atoms. The lowest BCUT2D eigenvalue weighted by atomic mass is 10.1. The first-order chi connectivity index (χ1) is 12.6. The molecule has 2 aromatic rings. The zero-order valence-corrected chi connectivity index (χ0v) is 17.2.